The fraction of sp³-hybridized carbons (Fsp3) is 0.100. The fourth-order valence-corrected chi connectivity index (χ4v) is 9.47. The third-order valence-corrected chi connectivity index (χ3v) is 12.1. The van der Waals surface area contributed by atoms with E-state index in [1.165, 1.54) is 31.8 Å². The summed E-state index contributed by atoms with van der Waals surface area (Å²) in [7, 11) is -1.87. The molecule has 0 atom stereocenters. The van der Waals surface area contributed by atoms with Gasteiger partial charge in [0.15, 0.2) is 0 Å². The SMILES string of the molecule is OC(O)C(F)(F)F.OC(O)C(F)(F)F.[Pd].[Pd].[c-]1ccccc1[PH+](c1ccccc1)c1ccccc1.[c-]1ccccc1[PH+](c1ccccc1)c1ccccc1. The average molecular weight is 970 g/mol. The van der Waals surface area contributed by atoms with E-state index in [2.05, 4.69) is 158 Å². The third kappa shape index (κ3) is 17.2. The van der Waals surface area contributed by atoms with Gasteiger partial charge >= 0.3 is 12.4 Å². The number of benzene rings is 6. The topological polar surface area (TPSA) is 80.9 Å². The molecule has 0 unspecified atom stereocenters. The van der Waals surface area contributed by atoms with Crippen LogP contribution in [0.25, 0.3) is 0 Å². The third-order valence-electron chi connectivity index (χ3n) is 6.79. The second-order valence-corrected chi connectivity index (χ2v) is 15.5. The first-order chi connectivity index (χ1) is 24.8. The van der Waals surface area contributed by atoms with E-state index in [0.29, 0.717) is 0 Å². The van der Waals surface area contributed by atoms with E-state index in [9.17, 15) is 26.3 Å². The number of alkyl halides is 6. The molecule has 14 heteroatoms. The Bertz CT molecular complexity index is 1490. The minimum Gasteiger partial charge on any atom is -0.361 e. The van der Waals surface area contributed by atoms with Crippen LogP contribution in [0.3, 0.4) is 0 Å². The van der Waals surface area contributed by atoms with Gasteiger partial charge in [0.1, 0.15) is 0 Å². The monoisotopic (exact) mass is 968 g/mol. The molecule has 0 amide bonds. The van der Waals surface area contributed by atoms with Crippen LogP contribution in [0.1, 0.15) is 0 Å². The summed E-state index contributed by atoms with van der Waals surface area (Å²) in [4.78, 5) is 0. The van der Waals surface area contributed by atoms with E-state index in [4.69, 9.17) is 20.4 Å². The Balaban J connectivity index is 0.000000393. The molecule has 54 heavy (non-hydrogen) atoms. The summed E-state index contributed by atoms with van der Waals surface area (Å²) in [6.45, 7) is 0. The maximum Gasteiger partial charge on any atom is 0.439 e. The molecule has 4 N–H and O–H groups in total. The molecule has 0 saturated carbocycles. The molecule has 0 radical (unpaired) electrons. The van der Waals surface area contributed by atoms with Gasteiger partial charge in [-0.2, -0.15) is 62.7 Å². The fourth-order valence-electron chi connectivity index (χ4n) is 4.47. The largest absolute Gasteiger partial charge is 0.439 e. The molecule has 6 rings (SSSR count). The predicted octanol–water partition coefficient (Wildman–Crippen LogP) is 5.67. The predicted molar refractivity (Wildman–Crippen MR) is 199 cm³/mol. The first kappa shape index (κ1) is 48.9. The minimum atomic E-state index is -4.89. The maximum atomic E-state index is 10.7. The van der Waals surface area contributed by atoms with Crippen molar-refractivity contribution < 1.29 is 87.6 Å². The van der Waals surface area contributed by atoms with Crippen molar-refractivity contribution in [3.63, 3.8) is 0 Å². The number of hydrogen-bond acceptors (Lipinski definition) is 4. The van der Waals surface area contributed by atoms with Crippen molar-refractivity contribution in [1.82, 2.24) is 0 Å². The molecule has 0 heterocycles. The summed E-state index contributed by atoms with van der Waals surface area (Å²) in [6.07, 6.45) is -16.2. The summed E-state index contributed by atoms with van der Waals surface area (Å²) < 4.78 is 64.1. The first-order valence-electron chi connectivity index (χ1n) is 15.5. The molecule has 0 bridgehead atoms. The molecule has 0 aliphatic carbocycles. The van der Waals surface area contributed by atoms with Gasteiger partial charge in [0, 0.05) is 40.8 Å². The summed E-state index contributed by atoms with van der Waals surface area (Å²) in [5, 5.41) is 37.5. The van der Waals surface area contributed by atoms with Gasteiger partial charge in [0.2, 0.25) is 0 Å². The Morgan fingerprint density at radius 2 is 0.574 bits per heavy atom. The molecule has 0 aliphatic heterocycles. The molecule has 4 nitrogen and oxygen atoms in total. The van der Waals surface area contributed by atoms with Gasteiger partial charge < -0.3 is 20.4 Å². The first-order valence-corrected chi connectivity index (χ1v) is 18.5. The quantitative estimate of drug-likeness (QED) is 0.0572. The van der Waals surface area contributed by atoms with E-state index in [-0.39, 0.29) is 40.8 Å². The van der Waals surface area contributed by atoms with Crippen LogP contribution in [0, 0.1) is 12.1 Å². The van der Waals surface area contributed by atoms with Crippen molar-refractivity contribution in [1.29, 1.82) is 0 Å². The summed E-state index contributed by atoms with van der Waals surface area (Å²) in [5.41, 5.74) is 0. The number of aliphatic hydroxyl groups is 4. The van der Waals surface area contributed by atoms with Crippen LogP contribution in [0.4, 0.5) is 26.3 Å². The van der Waals surface area contributed by atoms with Gasteiger partial charge in [0.25, 0.3) is 12.6 Å². The molecule has 292 valence electrons. The molecule has 0 aliphatic rings. The Hall–Kier alpha value is -3.08. The molecule has 6 aromatic carbocycles. The Morgan fingerprint density at radius 1 is 0.370 bits per heavy atom. The summed E-state index contributed by atoms with van der Waals surface area (Å²) >= 11 is 0. The number of hydrogen-bond donors (Lipinski definition) is 4. The van der Waals surface area contributed by atoms with Gasteiger partial charge in [-0.1, -0.05) is 72.8 Å². The summed E-state index contributed by atoms with van der Waals surface area (Å²) in [6, 6.07) is 66.5. The Kier molecular flexibility index (Phi) is 22.8. The van der Waals surface area contributed by atoms with E-state index < -0.39 is 40.8 Å². The van der Waals surface area contributed by atoms with Crippen molar-refractivity contribution in [3.8, 4) is 0 Å². The van der Waals surface area contributed by atoms with E-state index in [0.717, 1.165) is 0 Å². The molecule has 0 spiro atoms. The number of aliphatic hydroxyl groups excluding tert-OH is 2. The van der Waals surface area contributed by atoms with Crippen LogP contribution < -0.4 is 31.8 Å². The zero-order valence-corrected chi connectivity index (χ0v) is 33.1. The number of rotatable bonds is 6. The van der Waals surface area contributed by atoms with Crippen molar-refractivity contribution in [2.75, 3.05) is 0 Å². The average Bonchev–Trinajstić information content (AvgIpc) is 3.15. The maximum absolute atomic E-state index is 10.7. The van der Waals surface area contributed by atoms with Gasteiger partial charge in [-0.15, -0.1) is 24.3 Å². The molecule has 0 fully saturated rings. The zero-order valence-electron chi connectivity index (χ0n) is 28.0. The Labute approximate surface area is 340 Å². The molecule has 6 aromatic rings. The van der Waals surface area contributed by atoms with Crippen molar-refractivity contribution >= 4 is 47.7 Å². The van der Waals surface area contributed by atoms with Crippen molar-refractivity contribution in [3.05, 3.63) is 182 Å². The van der Waals surface area contributed by atoms with Gasteiger partial charge in [-0.05, 0) is 59.1 Å². The van der Waals surface area contributed by atoms with Gasteiger partial charge in [0.05, 0.1) is 37.1 Å². The second kappa shape index (κ2) is 25.2. The van der Waals surface area contributed by atoms with E-state index >= 15 is 0 Å². The summed E-state index contributed by atoms with van der Waals surface area (Å²) in [5.74, 6) is 0. The van der Waals surface area contributed by atoms with E-state index in [1.807, 2.05) is 24.3 Å². The molecular weight excluding hydrogens is 933 g/mol. The van der Waals surface area contributed by atoms with Crippen molar-refractivity contribution in [2.45, 2.75) is 24.9 Å². The van der Waals surface area contributed by atoms with Crippen LogP contribution in [0.5, 0.6) is 0 Å². The van der Waals surface area contributed by atoms with Crippen LogP contribution in [0.2, 0.25) is 0 Å². The van der Waals surface area contributed by atoms with Gasteiger partial charge in [-0.25, -0.2) is 0 Å². The van der Waals surface area contributed by atoms with E-state index in [1.54, 1.807) is 0 Å². The molecular formula is C40H36F6O4P2Pd2. The molecule has 0 aromatic heterocycles. The van der Waals surface area contributed by atoms with Crippen LogP contribution in [-0.2, 0) is 40.8 Å². The number of halogens is 6. The van der Waals surface area contributed by atoms with Crippen molar-refractivity contribution in [2.24, 2.45) is 0 Å². The Morgan fingerprint density at radius 3 is 0.741 bits per heavy atom. The van der Waals surface area contributed by atoms with Gasteiger partial charge in [-0.3, -0.25) is 0 Å². The zero-order chi connectivity index (χ0) is 38.0. The second-order valence-electron chi connectivity index (χ2n) is 10.6. The normalized spacial score (nSPS) is 10.8. The minimum absolute atomic E-state index is 0. The smallest absolute Gasteiger partial charge is 0.361 e. The standard InChI is InChI=1S/2C18H14P.2C2H3F3O2.2Pd/c2*1-4-10-16(11-5-1)19(17-12-6-2-7-13-17)18-14-8-3-9-15-18;2*3-2(4,5)1(6)7;;/h2*1-14H;2*1,6-7H;;/q2*-1;;;;/p+2. The van der Waals surface area contributed by atoms with Crippen LogP contribution in [0.15, 0.2) is 170 Å². The van der Waals surface area contributed by atoms with Crippen LogP contribution in [-0.4, -0.2) is 45.4 Å². The van der Waals surface area contributed by atoms with Crippen LogP contribution >= 0.6 is 15.8 Å². The molecule has 0 saturated heterocycles.